The zero-order valence-corrected chi connectivity index (χ0v) is 15.6. The van der Waals surface area contributed by atoms with Crippen LogP contribution in [0.25, 0.3) is 0 Å². The quantitative estimate of drug-likeness (QED) is 0.782. The minimum atomic E-state index is -0.249. The molecule has 2 heterocycles. The smallest absolute Gasteiger partial charge is 0.270 e. The van der Waals surface area contributed by atoms with Gasteiger partial charge in [-0.05, 0) is 18.2 Å². The first-order valence-electron chi connectivity index (χ1n) is 8.26. The number of rotatable bonds is 6. The minimum absolute atomic E-state index is 0.249. The average molecular weight is 396 g/mol. The van der Waals surface area contributed by atoms with Crippen LogP contribution in [0, 0.1) is 0 Å². The fraction of sp³-hybridized carbons (Fsp3) is 0.353. The van der Waals surface area contributed by atoms with Crippen LogP contribution in [0.2, 0.25) is 10.0 Å². The first-order chi connectivity index (χ1) is 12.6. The number of anilines is 2. The van der Waals surface area contributed by atoms with Gasteiger partial charge in [0, 0.05) is 32.4 Å². The molecule has 0 bridgehead atoms. The maximum atomic E-state index is 12.3. The molecule has 0 spiro atoms. The number of ether oxygens (including phenoxy) is 1. The van der Waals surface area contributed by atoms with Gasteiger partial charge in [-0.15, -0.1) is 0 Å². The lowest BCUT2D eigenvalue weighted by Gasteiger charge is -2.26. The van der Waals surface area contributed by atoms with Crippen LogP contribution in [0.5, 0.6) is 0 Å². The summed E-state index contributed by atoms with van der Waals surface area (Å²) in [5, 5.41) is 6.64. The van der Waals surface area contributed by atoms with Crippen LogP contribution in [0.4, 0.5) is 11.6 Å². The number of hydrogen-bond donors (Lipinski definition) is 2. The van der Waals surface area contributed by atoms with Crippen molar-refractivity contribution in [3.05, 3.63) is 46.2 Å². The van der Waals surface area contributed by atoms with E-state index >= 15 is 0 Å². The largest absolute Gasteiger partial charge is 0.379 e. The molecule has 0 unspecified atom stereocenters. The lowest BCUT2D eigenvalue weighted by atomic mass is 10.3. The molecule has 0 aliphatic carbocycles. The Morgan fingerprint density at radius 2 is 2.04 bits per heavy atom. The fourth-order valence-corrected chi connectivity index (χ4v) is 2.86. The van der Waals surface area contributed by atoms with Crippen LogP contribution in [-0.4, -0.2) is 60.2 Å². The monoisotopic (exact) mass is 395 g/mol. The van der Waals surface area contributed by atoms with E-state index in [9.17, 15) is 4.79 Å². The number of nitrogens with zero attached hydrogens (tertiary/aromatic N) is 3. The van der Waals surface area contributed by atoms with Gasteiger partial charge in [0.05, 0.1) is 28.9 Å². The molecule has 1 aromatic heterocycles. The van der Waals surface area contributed by atoms with E-state index in [-0.39, 0.29) is 17.5 Å². The molecular formula is C17H19Cl2N5O2. The van der Waals surface area contributed by atoms with Gasteiger partial charge in [-0.25, -0.2) is 9.97 Å². The van der Waals surface area contributed by atoms with Gasteiger partial charge >= 0.3 is 0 Å². The van der Waals surface area contributed by atoms with E-state index in [0.717, 1.165) is 32.8 Å². The Hall–Kier alpha value is -1.93. The van der Waals surface area contributed by atoms with Gasteiger partial charge in [0.25, 0.3) is 5.91 Å². The van der Waals surface area contributed by atoms with Crippen molar-refractivity contribution in [2.45, 2.75) is 0 Å². The molecule has 9 heteroatoms. The summed E-state index contributed by atoms with van der Waals surface area (Å²) in [5.74, 6) is 0.0240. The molecular weight excluding hydrogens is 377 g/mol. The third-order valence-electron chi connectivity index (χ3n) is 3.90. The molecule has 1 aliphatic heterocycles. The van der Waals surface area contributed by atoms with Crippen molar-refractivity contribution < 1.29 is 9.53 Å². The Labute approximate surface area is 161 Å². The highest BCUT2D eigenvalue weighted by atomic mass is 35.5. The van der Waals surface area contributed by atoms with Gasteiger partial charge in [-0.3, -0.25) is 9.69 Å². The highest BCUT2D eigenvalue weighted by molar-refractivity contribution is 6.43. The lowest BCUT2D eigenvalue weighted by molar-refractivity contribution is 0.0383. The molecule has 1 aliphatic rings. The van der Waals surface area contributed by atoms with Crippen LogP contribution in [0.15, 0.2) is 30.5 Å². The molecule has 0 saturated carbocycles. The normalized spacial score (nSPS) is 14.8. The zero-order valence-electron chi connectivity index (χ0n) is 14.0. The summed E-state index contributed by atoms with van der Waals surface area (Å²) in [6, 6.07) is 6.77. The second-order valence-corrected chi connectivity index (χ2v) is 6.49. The number of carbonyl (C=O) groups is 1. The molecule has 1 aromatic carbocycles. The number of halogens is 2. The maximum absolute atomic E-state index is 12.3. The number of benzene rings is 1. The van der Waals surface area contributed by atoms with Crippen LogP contribution in [-0.2, 0) is 4.74 Å². The Bertz CT molecular complexity index is 769. The minimum Gasteiger partial charge on any atom is -0.379 e. The van der Waals surface area contributed by atoms with Crippen molar-refractivity contribution in [3.63, 3.8) is 0 Å². The summed E-state index contributed by atoms with van der Waals surface area (Å²) in [4.78, 5) is 22.9. The van der Waals surface area contributed by atoms with Gasteiger partial charge in [-0.2, -0.15) is 0 Å². The van der Waals surface area contributed by atoms with E-state index in [1.807, 2.05) is 0 Å². The molecule has 0 atom stereocenters. The Balaban J connectivity index is 1.57. The van der Waals surface area contributed by atoms with E-state index in [1.54, 1.807) is 24.3 Å². The van der Waals surface area contributed by atoms with Crippen molar-refractivity contribution in [1.29, 1.82) is 0 Å². The second-order valence-electron chi connectivity index (χ2n) is 5.70. The zero-order chi connectivity index (χ0) is 18.4. The van der Waals surface area contributed by atoms with E-state index in [1.165, 1.54) is 6.20 Å². The molecule has 2 aromatic rings. The van der Waals surface area contributed by atoms with Gasteiger partial charge in [-0.1, -0.05) is 29.3 Å². The van der Waals surface area contributed by atoms with Crippen LogP contribution < -0.4 is 10.6 Å². The first-order valence-corrected chi connectivity index (χ1v) is 9.01. The molecule has 26 heavy (non-hydrogen) atoms. The van der Waals surface area contributed by atoms with E-state index < -0.39 is 0 Å². The summed E-state index contributed by atoms with van der Waals surface area (Å²) >= 11 is 12.1. The number of nitrogens with one attached hydrogen (secondary N) is 2. The highest BCUT2D eigenvalue weighted by Crippen LogP contribution is 2.30. The SMILES string of the molecule is O=C(NCCN1CCOCC1)c1ccnc(Nc2cccc(Cl)c2Cl)n1. The molecule has 2 N–H and O–H groups in total. The van der Waals surface area contributed by atoms with Gasteiger partial charge in [0.15, 0.2) is 0 Å². The van der Waals surface area contributed by atoms with E-state index in [2.05, 4.69) is 25.5 Å². The van der Waals surface area contributed by atoms with Crippen LogP contribution in [0.1, 0.15) is 10.5 Å². The molecule has 3 rings (SSSR count). The summed E-state index contributed by atoms with van der Waals surface area (Å²) in [7, 11) is 0. The van der Waals surface area contributed by atoms with Gasteiger partial charge < -0.3 is 15.4 Å². The third kappa shape index (κ3) is 5.04. The predicted octanol–water partition coefficient (Wildman–Crippen LogP) is 2.59. The molecule has 1 fully saturated rings. The molecule has 1 amide bonds. The Kier molecular flexibility index (Phi) is 6.62. The van der Waals surface area contributed by atoms with Crippen molar-refractivity contribution in [3.8, 4) is 0 Å². The first kappa shape index (κ1) is 18.8. The van der Waals surface area contributed by atoms with Crippen LogP contribution >= 0.6 is 23.2 Å². The van der Waals surface area contributed by atoms with Crippen LogP contribution in [0.3, 0.4) is 0 Å². The predicted molar refractivity (Wildman–Crippen MR) is 101 cm³/mol. The average Bonchev–Trinajstić information content (AvgIpc) is 2.66. The summed E-state index contributed by atoms with van der Waals surface area (Å²) in [6.45, 7) is 4.58. The number of amides is 1. The van der Waals surface area contributed by atoms with Gasteiger partial charge in [0.1, 0.15) is 5.69 Å². The second kappa shape index (κ2) is 9.14. The highest BCUT2D eigenvalue weighted by Gasteiger charge is 2.13. The summed E-state index contributed by atoms with van der Waals surface area (Å²) in [6.07, 6.45) is 1.52. The van der Waals surface area contributed by atoms with E-state index in [0.29, 0.717) is 22.3 Å². The molecule has 1 saturated heterocycles. The Morgan fingerprint density at radius 1 is 1.23 bits per heavy atom. The van der Waals surface area contributed by atoms with Crippen molar-refractivity contribution in [2.75, 3.05) is 44.7 Å². The van der Waals surface area contributed by atoms with Crippen molar-refractivity contribution >= 4 is 40.7 Å². The molecule has 0 radical (unpaired) electrons. The topological polar surface area (TPSA) is 79.4 Å². The molecule has 7 nitrogen and oxygen atoms in total. The summed E-state index contributed by atoms with van der Waals surface area (Å²) < 4.78 is 5.30. The lowest BCUT2D eigenvalue weighted by Crippen LogP contribution is -2.41. The van der Waals surface area contributed by atoms with Gasteiger partial charge in [0.2, 0.25) is 5.95 Å². The number of aromatic nitrogens is 2. The molecule has 138 valence electrons. The number of carbonyl (C=O) groups excluding carboxylic acids is 1. The fourth-order valence-electron chi connectivity index (χ4n) is 2.51. The van der Waals surface area contributed by atoms with E-state index in [4.69, 9.17) is 27.9 Å². The third-order valence-corrected chi connectivity index (χ3v) is 4.72. The number of hydrogen-bond acceptors (Lipinski definition) is 6. The van der Waals surface area contributed by atoms with Crippen molar-refractivity contribution in [2.24, 2.45) is 0 Å². The maximum Gasteiger partial charge on any atom is 0.270 e. The van der Waals surface area contributed by atoms with Crippen molar-refractivity contribution in [1.82, 2.24) is 20.2 Å². The summed E-state index contributed by atoms with van der Waals surface area (Å²) in [5.41, 5.74) is 0.853. The number of morpholine rings is 1. The standard InChI is InChI=1S/C17H19Cl2N5O2/c18-12-2-1-3-13(15(12)19)22-17-21-5-4-14(23-17)16(25)20-6-7-24-8-10-26-11-9-24/h1-5H,6-11H2,(H,20,25)(H,21,22,23). The Morgan fingerprint density at radius 3 is 2.85 bits per heavy atom.